The molecule has 0 radical (unpaired) electrons. The Labute approximate surface area is 93.2 Å². The molecular formula is C9H8F3NO4. The Morgan fingerprint density at radius 3 is 2.47 bits per heavy atom. The smallest absolute Gasteiger partial charge is 0.464 e. The molecule has 0 saturated heterocycles. The van der Waals surface area contributed by atoms with Gasteiger partial charge in [0.1, 0.15) is 5.69 Å². The number of nitrogens with one attached hydrogen (secondary N) is 1. The van der Waals surface area contributed by atoms with Crippen LogP contribution in [0, 0.1) is 6.92 Å². The van der Waals surface area contributed by atoms with Crippen molar-refractivity contribution in [1.29, 1.82) is 0 Å². The van der Waals surface area contributed by atoms with E-state index in [1.807, 2.05) is 4.98 Å². The highest BCUT2D eigenvalue weighted by molar-refractivity contribution is 5.87. The number of halogens is 3. The van der Waals surface area contributed by atoms with E-state index in [-0.39, 0.29) is 5.56 Å². The number of aromatic nitrogens is 1. The number of hydrogen-bond donors (Lipinski definition) is 1. The molecule has 0 amide bonds. The number of carbonyl (C=O) groups excluding carboxylic acids is 1. The van der Waals surface area contributed by atoms with Gasteiger partial charge < -0.3 is 14.5 Å². The van der Waals surface area contributed by atoms with E-state index in [4.69, 9.17) is 0 Å². The molecule has 5 nitrogen and oxygen atoms in total. The second kappa shape index (κ2) is 4.48. The van der Waals surface area contributed by atoms with Crippen LogP contribution in [0.2, 0.25) is 0 Å². The summed E-state index contributed by atoms with van der Waals surface area (Å²) in [6, 6.07) is 0.838. The van der Waals surface area contributed by atoms with Crippen LogP contribution in [0.25, 0.3) is 0 Å². The molecule has 0 atom stereocenters. The normalized spacial score (nSPS) is 11.1. The van der Waals surface area contributed by atoms with Crippen molar-refractivity contribution in [2.45, 2.75) is 13.3 Å². The van der Waals surface area contributed by atoms with E-state index in [1.165, 1.54) is 0 Å². The van der Waals surface area contributed by atoms with Gasteiger partial charge in [0.15, 0.2) is 5.43 Å². The minimum Gasteiger partial charge on any atom is -0.464 e. The number of aromatic amines is 1. The monoisotopic (exact) mass is 251 g/mol. The van der Waals surface area contributed by atoms with Gasteiger partial charge in [0.25, 0.3) is 0 Å². The van der Waals surface area contributed by atoms with Crippen molar-refractivity contribution in [3.8, 4) is 5.88 Å². The van der Waals surface area contributed by atoms with Crippen LogP contribution in [-0.2, 0) is 4.74 Å². The molecule has 0 unspecified atom stereocenters. The number of alkyl halides is 3. The number of esters is 1. The van der Waals surface area contributed by atoms with Crippen LogP contribution in [0.3, 0.4) is 0 Å². The summed E-state index contributed by atoms with van der Waals surface area (Å²) in [6.07, 6.45) is -4.96. The molecule has 1 rings (SSSR count). The van der Waals surface area contributed by atoms with Crippen LogP contribution < -0.4 is 10.2 Å². The molecule has 0 bridgehead atoms. The van der Waals surface area contributed by atoms with E-state index in [0.717, 1.165) is 20.1 Å². The van der Waals surface area contributed by atoms with Gasteiger partial charge in [0.05, 0.1) is 12.7 Å². The van der Waals surface area contributed by atoms with Crippen LogP contribution in [0.1, 0.15) is 16.1 Å². The van der Waals surface area contributed by atoms with Crippen LogP contribution >= 0.6 is 0 Å². The first kappa shape index (κ1) is 13.1. The molecule has 1 aromatic rings. The van der Waals surface area contributed by atoms with E-state index in [0.29, 0.717) is 0 Å². The molecule has 0 aliphatic heterocycles. The van der Waals surface area contributed by atoms with Gasteiger partial charge in [-0.05, 0) is 6.92 Å². The first-order valence-corrected chi connectivity index (χ1v) is 4.32. The predicted octanol–water partition coefficient (Wildman–Crippen LogP) is 1.37. The van der Waals surface area contributed by atoms with E-state index < -0.39 is 29.3 Å². The summed E-state index contributed by atoms with van der Waals surface area (Å²) >= 11 is 0. The molecule has 1 aromatic heterocycles. The minimum atomic E-state index is -4.96. The third-order valence-electron chi connectivity index (χ3n) is 1.86. The fraction of sp³-hybridized carbons (Fsp3) is 0.333. The van der Waals surface area contributed by atoms with E-state index in [1.54, 1.807) is 0 Å². The molecule has 0 spiro atoms. The van der Waals surface area contributed by atoms with Crippen LogP contribution in [-0.4, -0.2) is 24.4 Å². The summed E-state index contributed by atoms with van der Waals surface area (Å²) in [6.45, 7) is 1.14. The maximum absolute atomic E-state index is 12.0. The van der Waals surface area contributed by atoms with Gasteiger partial charge in [0.2, 0.25) is 5.88 Å². The lowest BCUT2D eigenvalue weighted by molar-refractivity contribution is -0.276. The molecule has 1 heterocycles. The zero-order valence-corrected chi connectivity index (χ0v) is 8.84. The van der Waals surface area contributed by atoms with Crippen molar-refractivity contribution in [1.82, 2.24) is 4.98 Å². The molecule has 0 aliphatic carbocycles. The molecule has 8 heteroatoms. The lowest BCUT2D eigenvalue weighted by Crippen LogP contribution is -2.22. The molecule has 0 aliphatic rings. The number of methoxy groups -OCH3 is 1. The summed E-state index contributed by atoms with van der Waals surface area (Å²) in [5.41, 5.74) is -1.46. The third kappa shape index (κ3) is 3.23. The van der Waals surface area contributed by atoms with Crippen molar-refractivity contribution in [3.63, 3.8) is 0 Å². The molecule has 17 heavy (non-hydrogen) atoms. The minimum absolute atomic E-state index is 0.282. The lowest BCUT2D eigenvalue weighted by Gasteiger charge is -2.11. The van der Waals surface area contributed by atoms with Gasteiger partial charge >= 0.3 is 12.3 Å². The largest absolute Gasteiger partial charge is 0.574 e. The number of H-pyrrole nitrogens is 1. The van der Waals surface area contributed by atoms with E-state index >= 15 is 0 Å². The Morgan fingerprint density at radius 1 is 1.41 bits per heavy atom. The van der Waals surface area contributed by atoms with Gasteiger partial charge in [-0.1, -0.05) is 0 Å². The quantitative estimate of drug-likeness (QED) is 0.806. The van der Waals surface area contributed by atoms with Crippen LogP contribution in [0.4, 0.5) is 13.2 Å². The van der Waals surface area contributed by atoms with Gasteiger partial charge in [0, 0.05) is 6.07 Å². The maximum atomic E-state index is 12.0. The highest BCUT2D eigenvalue weighted by atomic mass is 19.4. The molecule has 0 fully saturated rings. The number of ether oxygens (including phenoxy) is 2. The summed E-state index contributed by atoms with van der Waals surface area (Å²) < 4.78 is 43.9. The molecule has 0 saturated carbocycles. The highest BCUT2D eigenvalue weighted by Gasteiger charge is 2.33. The van der Waals surface area contributed by atoms with Crippen molar-refractivity contribution in [3.05, 3.63) is 27.5 Å². The summed E-state index contributed by atoms with van der Waals surface area (Å²) in [7, 11) is 1.03. The number of hydrogen-bond acceptors (Lipinski definition) is 4. The first-order valence-electron chi connectivity index (χ1n) is 4.32. The number of carbonyl (C=O) groups is 1. The Hall–Kier alpha value is -1.99. The summed E-state index contributed by atoms with van der Waals surface area (Å²) in [5, 5.41) is 0. The topological polar surface area (TPSA) is 68.4 Å². The molecular weight excluding hydrogens is 243 g/mol. The standard InChI is InChI=1S/C9H8F3NO4/c1-4-6(14)3-5(8(15)16-2)13-7(4)17-9(10,11)12/h3H,1-2H3,(H,13,14). The van der Waals surface area contributed by atoms with Gasteiger partial charge in [-0.3, -0.25) is 4.79 Å². The van der Waals surface area contributed by atoms with Crippen molar-refractivity contribution < 1.29 is 27.4 Å². The van der Waals surface area contributed by atoms with Crippen LogP contribution in [0.5, 0.6) is 5.88 Å². The maximum Gasteiger partial charge on any atom is 0.574 e. The first-order chi connectivity index (χ1) is 7.74. The SMILES string of the molecule is COC(=O)c1cc(=O)c(C)c(OC(F)(F)F)[nH]1. The Bertz CT molecular complexity index is 492. The zero-order valence-electron chi connectivity index (χ0n) is 8.84. The van der Waals surface area contributed by atoms with Crippen LogP contribution in [0.15, 0.2) is 10.9 Å². The second-order valence-corrected chi connectivity index (χ2v) is 3.04. The highest BCUT2D eigenvalue weighted by Crippen LogP contribution is 2.22. The Kier molecular flexibility index (Phi) is 3.45. The zero-order chi connectivity index (χ0) is 13.2. The van der Waals surface area contributed by atoms with E-state index in [2.05, 4.69) is 9.47 Å². The Balaban J connectivity index is 3.25. The average molecular weight is 251 g/mol. The third-order valence-corrected chi connectivity index (χ3v) is 1.86. The van der Waals surface area contributed by atoms with E-state index in [9.17, 15) is 22.8 Å². The van der Waals surface area contributed by atoms with Gasteiger partial charge in [-0.15, -0.1) is 13.2 Å². The van der Waals surface area contributed by atoms with Crippen molar-refractivity contribution in [2.75, 3.05) is 7.11 Å². The molecule has 0 aromatic carbocycles. The fourth-order valence-corrected chi connectivity index (χ4v) is 1.04. The lowest BCUT2D eigenvalue weighted by atomic mass is 10.2. The summed E-state index contributed by atoms with van der Waals surface area (Å²) in [5.74, 6) is -1.79. The van der Waals surface area contributed by atoms with Gasteiger partial charge in [-0.25, -0.2) is 4.79 Å². The fourth-order valence-electron chi connectivity index (χ4n) is 1.04. The Morgan fingerprint density at radius 2 is 2.00 bits per heavy atom. The second-order valence-electron chi connectivity index (χ2n) is 3.04. The van der Waals surface area contributed by atoms with Crippen molar-refractivity contribution in [2.24, 2.45) is 0 Å². The number of pyridine rings is 1. The predicted molar refractivity (Wildman–Crippen MR) is 49.8 cm³/mol. The molecule has 94 valence electrons. The number of rotatable bonds is 2. The molecule has 1 N–H and O–H groups in total. The summed E-state index contributed by atoms with van der Waals surface area (Å²) in [4.78, 5) is 24.4. The van der Waals surface area contributed by atoms with Gasteiger partial charge in [-0.2, -0.15) is 0 Å². The average Bonchev–Trinajstić information content (AvgIpc) is 2.21. The van der Waals surface area contributed by atoms with Crippen molar-refractivity contribution >= 4 is 5.97 Å².